The molecule has 1 aliphatic heterocycles. The van der Waals surface area contributed by atoms with Crippen molar-refractivity contribution >= 4 is 0 Å². The number of hydrogen-bond acceptors (Lipinski definition) is 3. The molecule has 0 aromatic carbocycles. The highest BCUT2D eigenvalue weighted by atomic mass is 16.7. The first-order valence-electron chi connectivity index (χ1n) is 5.35. The Kier molecular flexibility index (Phi) is 3.56. The van der Waals surface area contributed by atoms with E-state index in [1.54, 1.807) is 7.11 Å². The Morgan fingerprint density at radius 3 is 2.21 bits per heavy atom. The van der Waals surface area contributed by atoms with Crippen molar-refractivity contribution < 1.29 is 14.2 Å². The first-order chi connectivity index (χ1) is 6.90. The van der Waals surface area contributed by atoms with Crippen LogP contribution in [0.3, 0.4) is 0 Å². The molecule has 1 saturated heterocycles. The Bertz CT molecular complexity index is 185. The third-order valence-corrected chi connectivity index (χ3v) is 2.77. The van der Waals surface area contributed by atoms with Gasteiger partial charge in [-0.05, 0) is 25.7 Å². The topological polar surface area (TPSA) is 27.7 Å². The summed E-state index contributed by atoms with van der Waals surface area (Å²) in [5.74, 6) is 0. The minimum absolute atomic E-state index is 0.145. The van der Waals surface area contributed by atoms with Crippen molar-refractivity contribution in [2.45, 2.75) is 44.2 Å². The Hall–Kier alpha value is -0.380. The number of allylic oxidation sites excluding steroid dienone is 2. The summed E-state index contributed by atoms with van der Waals surface area (Å²) < 4.78 is 16.5. The second-order valence-electron chi connectivity index (χ2n) is 3.86. The zero-order valence-electron chi connectivity index (χ0n) is 8.65. The van der Waals surface area contributed by atoms with E-state index in [1.807, 2.05) is 0 Å². The van der Waals surface area contributed by atoms with Gasteiger partial charge in [0.15, 0.2) is 6.29 Å². The van der Waals surface area contributed by atoms with Crippen molar-refractivity contribution in [3.8, 4) is 0 Å². The number of hydrogen-bond donors (Lipinski definition) is 0. The number of fused-ring (bicyclic) bond motifs is 1. The Morgan fingerprint density at radius 1 is 1.14 bits per heavy atom. The van der Waals surface area contributed by atoms with Gasteiger partial charge in [0.05, 0.1) is 18.8 Å². The van der Waals surface area contributed by atoms with Gasteiger partial charge in [-0.2, -0.15) is 0 Å². The van der Waals surface area contributed by atoms with E-state index in [-0.39, 0.29) is 18.5 Å². The number of rotatable bonds is 2. The van der Waals surface area contributed by atoms with Crippen LogP contribution in [0.5, 0.6) is 0 Å². The van der Waals surface area contributed by atoms with Gasteiger partial charge in [-0.15, -0.1) is 0 Å². The normalized spacial score (nSPS) is 39.9. The SMILES string of the molecule is COCC1OC2CC/C=C/CC[C@H]2O1. The quantitative estimate of drug-likeness (QED) is 0.634. The van der Waals surface area contributed by atoms with Crippen LogP contribution >= 0.6 is 0 Å². The summed E-state index contributed by atoms with van der Waals surface area (Å²) in [6.45, 7) is 0.542. The molecular weight excluding hydrogens is 180 g/mol. The van der Waals surface area contributed by atoms with E-state index in [0.29, 0.717) is 6.61 Å². The van der Waals surface area contributed by atoms with Gasteiger partial charge < -0.3 is 14.2 Å². The Balaban J connectivity index is 1.89. The van der Waals surface area contributed by atoms with Gasteiger partial charge in [-0.25, -0.2) is 0 Å². The summed E-state index contributed by atoms with van der Waals surface area (Å²) in [6.07, 6.45) is 9.23. The lowest BCUT2D eigenvalue weighted by Crippen LogP contribution is -2.22. The van der Waals surface area contributed by atoms with Gasteiger partial charge in [0.1, 0.15) is 0 Å². The van der Waals surface area contributed by atoms with E-state index in [2.05, 4.69) is 12.2 Å². The van der Waals surface area contributed by atoms with Crippen molar-refractivity contribution in [1.29, 1.82) is 0 Å². The summed E-state index contributed by atoms with van der Waals surface area (Å²) in [6, 6.07) is 0. The maximum absolute atomic E-state index is 5.76. The maximum atomic E-state index is 5.76. The Labute approximate surface area is 85.0 Å². The van der Waals surface area contributed by atoms with Crippen LogP contribution in [0.1, 0.15) is 25.7 Å². The van der Waals surface area contributed by atoms with Gasteiger partial charge in [-0.1, -0.05) is 12.2 Å². The zero-order chi connectivity index (χ0) is 9.80. The predicted molar refractivity (Wildman–Crippen MR) is 53.0 cm³/mol. The molecule has 0 saturated carbocycles. The highest BCUT2D eigenvalue weighted by molar-refractivity contribution is 4.90. The fourth-order valence-electron chi connectivity index (χ4n) is 2.08. The van der Waals surface area contributed by atoms with Crippen molar-refractivity contribution in [3.63, 3.8) is 0 Å². The minimum Gasteiger partial charge on any atom is -0.379 e. The zero-order valence-corrected chi connectivity index (χ0v) is 8.65. The van der Waals surface area contributed by atoms with Crippen molar-refractivity contribution in [1.82, 2.24) is 0 Å². The van der Waals surface area contributed by atoms with Crippen LogP contribution in [0.4, 0.5) is 0 Å². The predicted octanol–water partition coefficient (Wildman–Crippen LogP) is 1.87. The molecule has 0 bridgehead atoms. The van der Waals surface area contributed by atoms with Crippen LogP contribution in [-0.2, 0) is 14.2 Å². The standard InChI is InChI=1S/C11H18O3/c1-12-8-11-13-9-6-4-2-3-5-7-10(9)14-11/h2-3,9-11H,4-8H2,1H3/b3-2+/t9-,10?,11?/m1/s1. The summed E-state index contributed by atoms with van der Waals surface area (Å²) in [7, 11) is 1.68. The molecule has 0 radical (unpaired) electrons. The van der Waals surface area contributed by atoms with Gasteiger partial charge in [0.25, 0.3) is 0 Å². The molecule has 1 fully saturated rings. The molecule has 0 aromatic heterocycles. The monoisotopic (exact) mass is 198 g/mol. The lowest BCUT2D eigenvalue weighted by Gasteiger charge is -2.16. The average molecular weight is 198 g/mol. The number of ether oxygens (including phenoxy) is 3. The van der Waals surface area contributed by atoms with Gasteiger partial charge in [0, 0.05) is 7.11 Å². The third kappa shape index (κ3) is 2.35. The fraction of sp³-hybridized carbons (Fsp3) is 0.818. The number of methoxy groups -OCH3 is 1. The molecule has 0 spiro atoms. The highest BCUT2D eigenvalue weighted by Gasteiger charge is 2.35. The summed E-state index contributed by atoms with van der Waals surface area (Å²) in [5.41, 5.74) is 0. The highest BCUT2D eigenvalue weighted by Crippen LogP contribution is 2.27. The van der Waals surface area contributed by atoms with Crippen LogP contribution < -0.4 is 0 Å². The van der Waals surface area contributed by atoms with Crippen LogP contribution in [0.2, 0.25) is 0 Å². The molecule has 3 nitrogen and oxygen atoms in total. The summed E-state index contributed by atoms with van der Waals surface area (Å²) >= 11 is 0. The molecule has 0 amide bonds. The molecule has 0 aromatic rings. The lowest BCUT2D eigenvalue weighted by molar-refractivity contribution is -0.104. The molecule has 2 unspecified atom stereocenters. The molecule has 2 rings (SSSR count). The fourth-order valence-corrected chi connectivity index (χ4v) is 2.08. The molecule has 14 heavy (non-hydrogen) atoms. The van der Waals surface area contributed by atoms with E-state index in [9.17, 15) is 0 Å². The molecule has 2 aliphatic rings. The van der Waals surface area contributed by atoms with Gasteiger partial charge in [-0.3, -0.25) is 0 Å². The van der Waals surface area contributed by atoms with Crippen LogP contribution in [0, 0.1) is 0 Å². The molecule has 80 valence electrons. The maximum Gasteiger partial charge on any atom is 0.181 e. The van der Waals surface area contributed by atoms with Crippen LogP contribution in [0.15, 0.2) is 12.2 Å². The van der Waals surface area contributed by atoms with E-state index in [0.717, 1.165) is 25.7 Å². The Morgan fingerprint density at radius 2 is 1.71 bits per heavy atom. The molecule has 1 heterocycles. The molecule has 3 atom stereocenters. The summed E-state index contributed by atoms with van der Waals surface area (Å²) in [5, 5.41) is 0. The first-order valence-corrected chi connectivity index (χ1v) is 5.35. The smallest absolute Gasteiger partial charge is 0.181 e. The van der Waals surface area contributed by atoms with E-state index in [4.69, 9.17) is 14.2 Å². The third-order valence-electron chi connectivity index (χ3n) is 2.77. The van der Waals surface area contributed by atoms with Crippen LogP contribution in [-0.4, -0.2) is 32.2 Å². The van der Waals surface area contributed by atoms with Crippen molar-refractivity contribution in [3.05, 3.63) is 12.2 Å². The van der Waals surface area contributed by atoms with Crippen LogP contribution in [0.25, 0.3) is 0 Å². The lowest BCUT2D eigenvalue weighted by atomic mass is 10.0. The van der Waals surface area contributed by atoms with Crippen molar-refractivity contribution in [2.75, 3.05) is 13.7 Å². The molecule has 3 heteroatoms. The van der Waals surface area contributed by atoms with Crippen molar-refractivity contribution in [2.24, 2.45) is 0 Å². The first kappa shape index (κ1) is 10.1. The van der Waals surface area contributed by atoms with Gasteiger partial charge >= 0.3 is 0 Å². The second kappa shape index (κ2) is 4.91. The molecule has 1 aliphatic carbocycles. The second-order valence-corrected chi connectivity index (χ2v) is 3.86. The summed E-state index contributed by atoms with van der Waals surface area (Å²) in [4.78, 5) is 0. The molecule has 0 N–H and O–H groups in total. The van der Waals surface area contributed by atoms with E-state index < -0.39 is 0 Å². The minimum atomic E-state index is -0.145. The van der Waals surface area contributed by atoms with E-state index in [1.165, 1.54) is 0 Å². The molecular formula is C11H18O3. The largest absolute Gasteiger partial charge is 0.379 e. The average Bonchev–Trinajstić information content (AvgIpc) is 2.48. The van der Waals surface area contributed by atoms with E-state index >= 15 is 0 Å². The van der Waals surface area contributed by atoms with Gasteiger partial charge in [0.2, 0.25) is 0 Å².